The minimum atomic E-state index is -4.53. The van der Waals surface area contributed by atoms with Crippen LogP contribution < -0.4 is 9.80 Å². The van der Waals surface area contributed by atoms with Gasteiger partial charge >= 0.3 is 6.18 Å². The molecule has 1 atom stereocenters. The van der Waals surface area contributed by atoms with Crippen molar-refractivity contribution in [1.29, 1.82) is 0 Å². The fraction of sp³-hybridized carbons (Fsp3) is 0.400. The predicted molar refractivity (Wildman–Crippen MR) is 107 cm³/mol. The topological polar surface area (TPSA) is 70.6 Å². The van der Waals surface area contributed by atoms with Crippen molar-refractivity contribution in [2.75, 3.05) is 36.2 Å². The van der Waals surface area contributed by atoms with E-state index in [1.807, 2.05) is 0 Å². The summed E-state index contributed by atoms with van der Waals surface area (Å²) in [5.74, 6) is -0.902. The van der Waals surface area contributed by atoms with Crippen molar-refractivity contribution in [3.05, 3.63) is 48.2 Å². The van der Waals surface area contributed by atoms with Gasteiger partial charge in [0.2, 0.25) is 5.91 Å². The molecular formula is C20H22F3N3O3S. The van der Waals surface area contributed by atoms with Crippen molar-refractivity contribution in [3.8, 4) is 0 Å². The van der Waals surface area contributed by atoms with E-state index >= 15 is 0 Å². The third kappa shape index (κ3) is 4.75. The molecule has 0 N–H and O–H groups in total. The fourth-order valence-corrected chi connectivity index (χ4v) is 4.19. The van der Waals surface area contributed by atoms with Crippen LogP contribution in [0.5, 0.6) is 0 Å². The molecule has 162 valence electrons. The number of carbonyl (C=O) groups excluding carboxylic acids is 1. The summed E-state index contributed by atoms with van der Waals surface area (Å²) < 4.78 is 63.2. The Bertz CT molecular complexity index is 1020. The lowest BCUT2D eigenvalue weighted by atomic mass is 9.96. The van der Waals surface area contributed by atoms with Crippen LogP contribution in [0.15, 0.2) is 47.5 Å². The summed E-state index contributed by atoms with van der Waals surface area (Å²) >= 11 is 0. The van der Waals surface area contributed by atoms with E-state index < -0.39 is 27.5 Å². The lowest BCUT2D eigenvalue weighted by molar-refractivity contribution is -0.137. The van der Waals surface area contributed by atoms with Crippen LogP contribution in [0.3, 0.4) is 0 Å². The molecular weight excluding hydrogens is 419 g/mol. The van der Waals surface area contributed by atoms with Gasteiger partial charge in [0.05, 0.1) is 16.4 Å². The first-order chi connectivity index (χ1) is 14.0. The Kier molecular flexibility index (Phi) is 6.07. The predicted octanol–water partition coefficient (Wildman–Crippen LogP) is 3.38. The Morgan fingerprint density at radius 2 is 1.87 bits per heavy atom. The van der Waals surface area contributed by atoms with Gasteiger partial charge < -0.3 is 9.80 Å². The van der Waals surface area contributed by atoms with Crippen molar-refractivity contribution in [1.82, 2.24) is 4.98 Å². The first-order valence-electron chi connectivity index (χ1n) is 9.33. The molecule has 0 saturated carbocycles. The molecule has 0 spiro atoms. The lowest BCUT2D eigenvalue weighted by Gasteiger charge is -2.35. The van der Waals surface area contributed by atoms with Crippen LogP contribution in [0.2, 0.25) is 0 Å². The number of carbonyl (C=O) groups is 1. The van der Waals surface area contributed by atoms with Gasteiger partial charge in [-0.2, -0.15) is 13.2 Å². The third-order valence-electron chi connectivity index (χ3n) is 5.14. The van der Waals surface area contributed by atoms with Gasteiger partial charge in [-0.15, -0.1) is 0 Å². The Morgan fingerprint density at radius 1 is 1.20 bits per heavy atom. The van der Waals surface area contributed by atoms with Gasteiger partial charge in [-0.25, -0.2) is 13.4 Å². The maximum Gasteiger partial charge on any atom is 0.419 e. The number of sulfone groups is 1. The number of piperidine rings is 1. The molecule has 10 heteroatoms. The number of rotatable bonds is 4. The molecule has 1 saturated heterocycles. The second kappa shape index (κ2) is 8.25. The van der Waals surface area contributed by atoms with Gasteiger partial charge in [0.15, 0.2) is 9.84 Å². The Balaban J connectivity index is 1.78. The number of pyridine rings is 1. The van der Waals surface area contributed by atoms with Crippen molar-refractivity contribution in [2.45, 2.75) is 23.9 Å². The van der Waals surface area contributed by atoms with Crippen LogP contribution in [0, 0.1) is 5.92 Å². The van der Waals surface area contributed by atoms with E-state index in [0.717, 1.165) is 12.3 Å². The van der Waals surface area contributed by atoms with Crippen molar-refractivity contribution < 1.29 is 26.4 Å². The number of alkyl halides is 3. The van der Waals surface area contributed by atoms with Gasteiger partial charge in [-0.3, -0.25) is 4.79 Å². The van der Waals surface area contributed by atoms with Crippen LogP contribution in [-0.4, -0.2) is 45.7 Å². The zero-order chi connectivity index (χ0) is 22.1. The molecule has 6 nitrogen and oxygen atoms in total. The maximum atomic E-state index is 13.3. The van der Waals surface area contributed by atoms with Crippen LogP contribution >= 0.6 is 0 Å². The molecule has 30 heavy (non-hydrogen) atoms. The number of aromatic nitrogens is 1. The number of hydrogen-bond acceptors (Lipinski definition) is 5. The van der Waals surface area contributed by atoms with E-state index in [2.05, 4.69) is 4.98 Å². The standard InChI is InChI=1S/C20H22F3N3O3S/c1-25(15-7-9-16(10-8-15)30(2,28)29)19(27)14-5-4-12-26(13-14)18-17(20(21,22)23)6-3-11-24-18/h3,6-11,14H,4-5,12-13H2,1-2H3. The summed E-state index contributed by atoms with van der Waals surface area (Å²) in [4.78, 5) is 20.0. The van der Waals surface area contributed by atoms with Gasteiger partial charge in [0.25, 0.3) is 0 Å². The summed E-state index contributed by atoms with van der Waals surface area (Å²) in [5.41, 5.74) is -0.304. The number of hydrogen-bond donors (Lipinski definition) is 0. The Hall–Kier alpha value is -2.62. The minimum absolute atomic E-state index is 0.130. The summed E-state index contributed by atoms with van der Waals surface area (Å²) in [6, 6.07) is 8.15. The normalized spacial score (nSPS) is 17.6. The quantitative estimate of drug-likeness (QED) is 0.728. The summed E-state index contributed by atoms with van der Waals surface area (Å²) in [6.45, 7) is 0.515. The van der Waals surface area contributed by atoms with E-state index in [4.69, 9.17) is 0 Å². The Labute approximate surface area is 173 Å². The Morgan fingerprint density at radius 3 is 2.47 bits per heavy atom. The second-order valence-corrected chi connectivity index (χ2v) is 9.34. The summed E-state index contributed by atoms with van der Waals surface area (Å²) in [6.07, 6.45) is -1.01. The van der Waals surface area contributed by atoms with Crippen molar-refractivity contribution in [2.24, 2.45) is 5.92 Å². The number of halogens is 3. The molecule has 1 fully saturated rings. The van der Waals surface area contributed by atoms with Crippen molar-refractivity contribution >= 4 is 27.2 Å². The van der Waals surface area contributed by atoms with Gasteiger partial charge in [-0.05, 0) is 49.2 Å². The fourth-order valence-electron chi connectivity index (χ4n) is 3.56. The third-order valence-corrected chi connectivity index (χ3v) is 6.27. The SMILES string of the molecule is CN(C(=O)C1CCCN(c2ncccc2C(F)(F)F)C1)c1ccc(S(C)(=O)=O)cc1. The molecule has 0 aliphatic carbocycles. The highest BCUT2D eigenvalue weighted by Gasteiger charge is 2.37. The highest BCUT2D eigenvalue weighted by molar-refractivity contribution is 7.90. The molecule has 2 heterocycles. The zero-order valence-electron chi connectivity index (χ0n) is 16.6. The number of amides is 1. The molecule has 1 aromatic heterocycles. The number of benzene rings is 1. The first-order valence-corrected chi connectivity index (χ1v) is 11.2. The molecule has 1 unspecified atom stereocenters. The largest absolute Gasteiger partial charge is 0.419 e. The van der Waals surface area contributed by atoms with Crippen molar-refractivity contribution in [3.63, 3.8) is 0 Å². The lowest BCUT2D eigenvalue weighted by Crippen LogP contribution is -2.44. The number of nitrogens with zero attached hydrogens (tertiary/aromatic N) is 3. The summed E-state index contributed by atoms with van der Waals surface area (Å²) in [7, 11) is -1.78. The zero-order valence-corrected chi connectivity index (χ0v) is 17.4. The minimum Gasteiger partial charge on any atom is -0.355 e. The van der Waals surface area contributed by atoms with E-state index in [1.54, 1.807) is 7.05 Å². The monoisotopic (exact) mass is 441 g/mol. The van der Waals surface area contributed by atoms with Crippen LogP contribution in [0.25, 0.3) is 0 Å². The van der Waals surface area contributed by atoms with E-state index in [1.165, 1.54) is 46.3 Å². The van der Waals surface area contributed by atoms with E-state index in [-0.39, 0.29) is 23.2 Å². The highest BCUT2D eigenvalue weighted by atomic mass is 32.2. The number of anilines is 2. The molecule has 1 aromatic carbocycles. The molecule has 2 aromatic rings. The van der Waals surface area contributed by atoms with Crippen LogP contribution in [-0.2, 0) is 20.8 Å². The second-order valence-electron chi connectivity index (χ2n) is 7.32. The van der Waals surface area contributed by atoms with Gasteiger partial charge in [0.1, 0.15) is 5.82 Å². The molecule has 0 radical (unpaired) electrons. The summed E-state index contributed by atoms with van der Waals surface area (Å²) in [5, 5.41) is 0. The van der Waals surface area contributed by atoms with Gasteiger partial charge in [0, 0.05) is 38.3 Å². The molecule has 1 aliphatic rings. The average molecular weight is 441 g/mol. The van der Waals surface area contributed by atoms with Crippen LogP contribution in [0.4, 0.5) is 24.7 Å². The molecule has 1 aliphatic heterocycles. The first kappa shape index (κ1) is 22.1. The highest BCUT2D eigenvalue weighted by Crippen LogP contribution is 2.36. The molecule has 0 bridgehead atoms. The molecule has 1 amide bonds. The average Bonchev–Trinajstić information content (AvgIpc) is 2.71. The van der Waals surface area contributed by atoms with Gasteiger partial charge in [-0.1, -0.05) is 0 Å². The molecule has 3 rings (SSSR count). The maximum absolute atomic E-state index is 13.3. The van der Waals surface area contributed by atoms with Crippen LogP contribution in [0.1, 0.15) is 18.4 Å². The van der Waals surface area contributed by atoms with E-state index in [0.29, 0.717) is 25.1 Å². The van der Waals surface area contributed by atoms with E-state index in [9.17, 15) is 26.4 Å². The smallest absolute Gasteiger partial charge is 0.355 e.